The van der Waals surface area contributed by atoms with Gasteiger partial charge in [-0.05, 0) is 26.0 Å². The number of halogens is 1. The summed E-state index contributed by atoms with van der Waals surface area (Å²) in [6, 6.07) is 2.78. The van der Waals surface area contributed by atoms with Gasteiger partial charge in [-0.25, -0.2) is 9.97 Å². The Kier molecular flexibility index (Phi) is 4.52. The minimum atomic E-state index is -0.521. The van der Waals surface area contributed by atoms with E-state index in [1.54, 1.807) is 18.0 Å². The van der Waals surface area contributed by atoms with Gasteiger partial charge in [0.2, 0.25) is 17.8 Å². The predicted octanol–water partition coefficient (Wildman–Crippen LogP) is 2.14. The van der Waals surface area contributed by atoms with E-state index in [4.69, 9.17) is 4.74 Å². The number of aryl methyl sites for hydroxylation is 1. The molecule has 1 atom stereocenters. The number of pyridine rings is 1. The quantitative estimate of drug-likeness (QED) is 0.806. The average molecular weight is 386 g/mol. The number of rotatable bonds is 4. The lowest BCUT2D eigenvalue weighted by Crippen LogP contribution is -2.50. The minimum Gasteiger partial charge on any atom is -0.489 e. The van der Waals surface area contributed by atoms with E-state index < -0.39 is 5.95 Å². The smallest absolute Gasteiger partial charge is 0.249 e. The van der Waals surface area contributed by atoms with Gasteiger partial charge >= 0.3 is 0 Å². The highest BCUT2D eigenvalue weighted by Gasteiger charge is 2.36. The Balaban J connectivity index is 1.42. The lowest BCUT2D eigenvalue weighted by Gasteiger charge is -2.38. The summed E-state index contributed by atoms with van der Waals surface area (Å²) in [6.45, 7) is 3.75. The molecule has 148 valence electrons. The Morgan fingerprint density at radius 2 is 2.00 bits per heavy atom. The zero-order chi connectivity index (χ0) is 20.0. The van der Waals surface area contributed by atoms with Crippen LogP contribution in [0.4, 0.5) is 21.8 Å². The topological polar surface area (TPSA) is 83.5 Å². The van der Waals surface area contributed by atoms with E-state index >= 15 is 0 Å². The zero-order valence-electron chi connectivity index (χ0n) is 16.3. The summed E-state index contributed by atoms with van der Waals surface area (Å²) >= 11 is 0. The summed E-state index contributed by atoms with van der Waals surface area (Å²) in [4.78, 5) is 28.6. The second-order valence-electron chi connectivity index (χ2n) is 7.36. The van der Waals surface area contributed by atoms with Crippen molar-refractivity contribution in [3.05, 3.63) is 30.0 Å². The van der Waals surface area contributed by atoms with Gasteiger partial charge in [0.05, 0.1) is 11.9 Å². The maximum Gasteiger partial charge on any atom is 0.249 e. The van der Waals surface area contributed by atoms with Crippen molar-refractivity contribution >= 4 is 23.4 Å². The summed E-state index contributed by atoms with van der Waals surface area (Å²) < 4.78 is 18.6. The average Bonchev–Trinajstić information content (AvgIpc) is 2.64. The van der Waals surface area contributed by atoms with Gasteiger partial charge in [-0.3, -0.25) is 4.79 Å². The van der Waals surface area contributed by atoms with Gasteiger partial charge in [-0.2, -0.15) is 9.37 Å². The van der Waals surface area contributed by atoms with Crippen molar-refractivity contribution in [1.82, 2.24) is 15.0 Å². The molecule has 0 aromatic carbocycles. The highest BCUT2D eigenvalue weighted by atomic mass is 19.1. The van der Waals surface area contributed by atoms with Crippen LogP contribution in [0, 0.1) is 12.9 Å². The van der Waals surface area contributed by atoms with Crippen LogP contribution in [0.2, 0.25) is 0 Å². The van der Waals surface area contributed by atoms with Crippen molar-refractivity contribution in [2.24, 2.45) is 0 Å². The normalized spacial score (nSPS) is 23.9. The molecule has 8 nitrogen and oxygen atoms in total. The lowest BCUT2D eigenvalue weighted by molar-refractivity contribution is -0.119. The van der Waals surface area contributed by atoms with Crippen molar-refractivity contribution in [2.75, 3.05) is 29.2 Å². The molecule has 1 aliphatic carbocycles. The van der Waals surface area contributed by atoms with E-state index in [2.05, 4.69) is 20.3 Å². The molecule has 4 rings (SSSR count). The lowest BCUT2D eigenvalue weighted by atomic mass is 9.89. The van der Waals surface area contributed by atoms with Gasteiger partial charge in [0.1, 0.15) is 23.6 Å². The van der Waals surface area contributed by atoms with Gasteiger partial charge in [0.15, 0.2) is 5.82 Å². The fourth-order valence-corrected chi connectivity index (χ4v) is 3.58. The zero-order valence-corrected chi connectivity index (χ0v) is 16.3. The van der Waals surface area contributed by atoms with Gasteiger partial charge in [0.25, 0.3) is 0 Å². The first-order valence-electron chi connectivity index (χ1n) is 9.27. The summed E-state index contributed by atoms with van der Waals surface area (Å²) in [6.07, 6.45) is 3.03. The number of ether oxygens (including phenoxy) is 1. The van der Waals surface area contributed by atoms with Crippen LogP contribution in [0.1, 0.15) is 25.5 Å². The summed E-state index contributed by atoms with van der Waals surface area (Å²) in [5.41, 5.74) is 1.50. The Labute approximate surface area is 162 Å². The molecule has 0 unspecified atom stereocenters. The molecule has 1 aliphatic heterocycles. The maximum atomic E-state index is 12.9. The molecule has 3 heterocycles. The number of likely N-dealkylation sites (N-methyl/N-ethyl adjacent to an activating group) is 2. The van der Waals surface area contributed by atoms with Crippen molar-refractivity contribution < 1.29 is 13.9 Å². The molecule has 0 saturated heterocycles. The van der Waals surface area contributed by atoms with Gasteiger partial charge in [-0.15, -0.1) is 0 Å². The van der Waals surface area contributed by atoms with E-state index in [0.717, 1.165) is 30.0 Å². The van der Waals surface area contributed by atoms with Crippen LogP contribution in [-0.2, 0) is 4.79 Å². The fourth-order valence-electron chi connectivity index (χ4n) is 3.58. The monoisotopic (exact) mass is 386 g/mol. The second-order valence-corrected chi connectivity index (χ2v) is 7.36. The van der Waals surface area contributed by atoms with E-state index in [1.165, 1.54) is 12.3 Å². The summed E-state index contributed by atoms with van der Waals surface area (Å²) in [5.74, 6) is 1.36. The number of aromatic nitrogens is 3. The van der Waals surface area contributed by atoms with E-state index in [1.807, 2.05) is 25.8 Å². The van der Waals surface area contributed by atoms with Crippen molar-refractivity contribution in [3.8, 4) is 5.75 Å². The Hall–Kier alpha value is -2.97. The predicted molar refractivity (Wildman–Crippen MR) is 103 cm³/mol. The van der Waals surface area contributed by atoms with Gasteiger partial charge in [-0.1, -0.05) is 0 Å². The molecule has 2 aromatic heterocycles. The Morgan fingerprint density at radius 3 is 2.68 bits per heavy atom. The van der Waals surface area contributed by atoms with Crippen LogP contribution < -0.4 is 19.9 Å². The number of carbonyl (C=O) groups is 1. The molecule has 2 aliphatic rings. The molecule has 0 bridgehead atoms. The summed E-state index contributed by atoms with van der Waals surface area (Å²) in [7, 11) is 3.63. The Morgan fingerprint density at radius 1 is 1.25 bits per heavy atom. The SMILES string of the molecule is Cc1nc(N[C@H]2C[C@H](Oc3ccc(F)nc3)C2)nc2c1N(C)C(=O)[C@H](C)N2C. The highest BCUT2D eigenvalue weighted by Crippen LogP contribution is 2.36. The van der Waals surface area contributed by atoms with E-state index in [-0.39, 0.29) is 24.1 Å². The number of nitrogens with one attached hydrogen (secondary N) is 1. The molecule has 1 N–H and O–H groups in total. The van der Waals surface area contributed by atoms with Crippen LogP contribution in [-0.4, -0.2) is 53.1 Å². The van der Waals surface area contributed by atoms with Crippen LogP contribution in [0.5, 0.6) is 5.75 Å². The number of hydrogen-bond acceptors (Lipinski definition) is 7. The standard InChI is InChI=1S/C19H23FN6O2/c1-10-16-17(25(3)11(2)18(27)26(16)4)24-19(22-10)23-12-7-14(8-12)28-13-5-6-15(20)21-9-13/h5-6,9,11-12,14H,7-8H2,1-4H3,(H,22,23,24)/t11-,12-,14-/m0/s1. The van der Waals surface area contributed by atoms with Crippen molar-refractivity contribution in [2.45, 2.75) is 44.9 Å². The number of amides is 1. The van der Waals surface area contributed by atoms with Gasteiger partial charge in [0, 0.05) is 33.0 Å². The molecular weight excluding hydrogens is 363 g/mol. The van der Waals surface area contributed by atoms with Crippen LogP contribution in [0.15, 0.2) is 18.3 Å². The third kappa shape index (κ3) is 3.21. The van der Waals surface area contributed by atoms with E-state index in [0.29, 0.717) is 11.7 Å². The molecule has 9 heteroatoms. The minimum absolute atomic E-state index is 0.0247. The van der Waals surface area contributed by atoms with Crippen LogP contribution in [0.3, 0.4) is 0 Å². The molecule has 0 radical (unpaired) electrons. The first-order chi connectivity index (χ1) is 13.3. The second kappa shape index (κ2) is 6.88. The molecule has 28 heavy (non-hydrogen) atoms. The number of hydrogen-bond donors (Lipinski definition) is 1. The number of nitrogens with zero attached hydrogens (tertiary/aromatic N) is 5. The largest absolute Gasteiger partial charge is 0.489 e. The molecular formula is C19H23FN6O2. The number of carbonyl (C=O) groups excluding carboxylic acids is 1. The van der Waals surface area contributed by atoms with Crippen molar-refractivity contribution in [1.29, 1.82) is 0 Å². The summed E-state index contributed by atoms with van der Waals surface area (Å²) in [5, 5.41) is 3.35. The molecule has 1 fully saturated rings. The highest BCUT2D eigenvalue weighted by molar-refractivity contribution is 6.04. The number of anilines is 3. The van der Waals surface area contributed by atoms with E-state index in [9.17, 15) is 9.18 Å². The first-order valence-corrected chi connectivity index (χ1v) is 9.27. The van der Waals surface area contributed by atoms with Gasteiger partial charge < -0.3 is 19.9 Å². The third-order valence-electron chi connectivity index (χ3n) is 5.41. The first kappa shape index (κ1) is 18.4. The molecule has 2 aromatic rings. The van der Waals surface area contributed by atoms with Crippen LogP contribution >= 0.6 is 0 Å². The Bertz CT molecular complexity index is 900. The van der Waals surface area contributed by atoms with Crippen LogP contribution in [0.25, 0.3) is 0 Å². The fraction of sp³-hybridized carbons (Fsp3) is 0.474. The molecule has 1 saturated carbocycles. The third-order valence-corrected chi connectivity index (χ3v) is 5.41. The molecule has 0 spiro atoms. The number of fused-ring (bicyclic) bond motifs is 1. The van der Waals surface area contributed by atoms with Crippen molar-refractivity contribution in [3.63, 3.8) is 0 Å². The maximum absolute atomic E-state index is 12.9. The molecule has 1 amide bonds.